The summed E-state index contributed by atoms with van der Waals surface area (Å²) in [5.41, 5.74) is 2.22. The molecule has 0 saturated heterocycles. The highest BCUT2D eigenvalue weighted by atomic mass is 32.1. The van der Waals surface area contributed by atoms with Crippen LogP contribution in [-0.2, 0) is 9.53 Å². The summed E-state index contributed by atoms with van der Waals surface area (Å²) in [6.45, 7) is 8.23. The molecule has 0 spiro atoms. The fourth-order valence-corrected chi connectivity index (χ4v) is 5.09. The first-order chi connectivity index (χ1) is 18.0. The van der Waals surface area contributed by atoms with Crippen LogP contribution in [0.1, 0.15) is 43.9 Å². The molecule has 0 N–H and O–H groups in total. The zero-order chi connectivity index (χ0) is 26.4. The van der Waals surface area contributed by atoms with E-state index in [0.717, 1.165) is 29.7 Å². The quantitative estimate of drug-likeness (QED) is 0.229. The number of hydrogen-bond acceptors (Lipinski definition) is 7. The highest BCUT2D eigenvalue weighted by molar-refractivity contribution is 7.07. The molecule has 0 bridgehead atoms. The fourth-order valence-electron chi connectivity index (χ4n) is 4.04. The van der Waals surface area contributed by atoms with Crippen molar-refractivity contribution >= 4 is 23.4 Å². The molecular formula is C29H30N2O5S. The minimum Gasteiger partial charge on any atom is -0.497 e. The van der Waals surface area contributed by atoms with Crippen molar-refractivity contribution in [3.05, 3.63) is 103 Å². The number of nitrogens with zero attached hydrogens (tertiary/aromatic N) is 2. The van der Waals surface area contributed by atoms with E-state index in [9.17, 15) is 9.59 Å². The summed E-state index contributed by atoms with van der Waals surface area (Å²) in [4.78, 5) is 31.9. The lowest BCUT2D eigenvalue weighted by atomic mass is 9.96. The average molecular weight is 519 g/mol. The number of unbranched alkanes of at least 4 members (excludes halogenated alkanes) is 1. The molecule has 2 heterocycles. The molecule has 3 aromatic rings. The predicted octanol–water partition coefficient (Wildman–Crippen LogP) is 4.15. The van der Waals surface area contributed by atoms with Crippen molar-refractivity contribution in [2.45, 2.75) is 32.7 Å². The van der Waals surface area contributed by atoms with Gasteiger partial charge in [0.25, 0.3) is 5.56 Å². The van der Waals surface area contributed by atoms with E-state index >= 15 is 0 Å². The Kier molecular flexibility index (Phi) is 8.40. The van der Waals surface area contributed by atoms with E-state index in [1.54, 1.807) is 30.7 Å². The molecule has 1 unspecified atom stereocenters. The number of esters is 1. The van der Waals surface area contributed by atoms with Crippen molar-refractivity contribution in [1.29, 1.82) is 0 Å². The van der Waals surface area contributed by atoms with Gasteiger partial charge in [-0.2, -0.15) is 0 Å². The Bertz CT molecular complexity index is 1480. The molecule has 7 nitrogen and oxygen atoms in total. The number of benzene rings is 2. The summed E-state index contributed by atoms with van der Waals surface area (Å²) in [5, 5.41) is 0. The van der Waals surface area contributed by atoms with Crippen LogP contribution >= 0.6 is 11.3 Å². The zero-order valence-corrected chi connectivity index (χ0v) is 22.0. The Morgan fingerprint density at radius 2 is 1.84 bits per heavy atom. The molecule has 4 rings (SSSR count). The summed E-state index contributed by atoms with van der Waals surface area (Å²) in [6, 6.07) is 14.3. The van der Waals surface area contributed by atoms with Crippen LogP contribution in [-0.4, -0.2) is 30.9 Å². The Balaban J connectivity index is 1.78. The number of rotatable bonds is 10. The van der Waals surface area contributed by atoms with Crippen molar-refractivity contribution < 1.29 is 19.0 Å². The van der Waals surface area contributed by atoms with Gasteiger partial charge in [-0.25, -0.2) is 9.79 Å². The van der Waals surface area contributed by atoms with Crippen LogP contribution in [0.25, 0.3) is 6.08 Å². The molecule has 2 aromatic carbocycles. The van der Waals surface area contributed by atoms with Gasteiger partial charge in [-0.3, -0.25) is 9.36 Å². The maximum absolute atomic E-state index is 13.7. The third-order valence-electron chi connectivity index (χ3n) is 5.95. The average Bonchev–Trinajstić information content (AvgIpc) is 3.21. The number of hydrogen-bond donors (Lipinski definition) is 0. The normalized spacial score (nSPS) is 15.1. The Labute approximate surface area is 219 Å². The van der Waals surface area contributed by atoms with Crippen LogP contribution < -0.4 is 24.4 Å². The Morgan fingerprint density at radius 1 is 1.14 bits per heavy atom. The molecule has 1 aromatic heterocycles. The van der Waals surface area contributed by atoms with E-state index in [1.807, 2.05) is 42.5 Å². The summed E-state index contributed by atoms with van der Waals surface area (Å²) in [7, 11) is 1.59. The second-order valence-corrected chi connectivity index (χ2v) is 9.52. The Hall–Kier alpha value is -3.91. The number of allylic oxidation sites excluding steroid dienone is 1. The first-order valence-electron chi connectivity index (χ1n) is 12.1. The van der Waals surface area contributed by atoms with Crippen LogP contribution in [0.4, 0.5) is 0 Å². The van der Waals surface area contributed by atoms with Crippen LogP contribution in [0, 0.1) is 0 Å². The van der Waals surface area contributed by atoms with Crippen molar-refractivity contribution in [2.75, 3.05) is 20.3 Å². The monoisotopic (exact) mass is 518 g/mol. The van der Waals surface area contributed by atoms with E-state index in [0.29, 0.717) is 33.0 Å². The van der Waals surface area contributed by atoms with Gasteiger partial charge in [0.05, 0.1) is 35.6 Å². The largest absolute Gasteiger partial charge is 0.497 e. The molecule has 192 valence electrons. The van der Waals surface area contributed by atoms with E-state index in [-0.39, 0.29) is 12.2 Å². The van der Waals surface area contributed by atoms with Gasteiger partial charge in [-0.05, 0) is 54.8 Å². The molecule has 1 atom stereocenters. The smallest absolute Gasteiger partial charge is 0.338 e. The fraction of sp³-hybridized carbons (Fsp3) is 0.276. The number of fused-ring (bicyclic) bond motifs is 1. The van der Waals surface area contributed by atoms with Gasteiger partial charge in [-0.1, -0.05) is 61.6 Å². The van der Waals surface area contributed by atoms with Gasteiger partial charge in [0.1, 0.15) is 18.1 Å². The molecule has 0 aliphatic carbocycles. The molecule has 8 heteroatoms. The summed E-state index contributed by atoms with van der Waals surface area (Å²) in [5.74, 6) is 0.939. The molecule has 0 fully saturated rings. The number of ether oxygens (including phenoxy) is 3. The van der Waals surface area contributed by atoms with E-state index in [4.69, 9.17) is 14.2 Å². The molecule has 1 aliphatic rings. The maximum atomic E-state index is 13.7. The van der Waals surface area contributed by atoms with Gasteiger partial charge < -0.3 is 14.2 Å². The van der Waals surface area contributed by atoms with Gasteiger partial charge in [0, 0.05) is 0 Å². The predicted molar refractivity (Wildman–Crippen MR) is 145 cm³/mol. The van der Waals surface area contributed by atoms with Crippen LogP contribution in [0.5, 0.6) is 11.5 Å². The SMILES string of the molecule is C=CCOC(=O)C1=C(C)N=c2s/c(=C/c3ccc(OCCCC)cc3)c(=O)n2C1c1ccc(OC)cc1. The van der Waals surface area contributed by atoms with E-state index < -0.39 is 12.0 Å². The van der Waals surface area contributed by atoms with Gasteiger partial charge >= 0.3 is 5.97 Å². The zero-order valence-electron chi connectivity index (χ0n) is 21.2. The number of methoxy groups -OCH3 is 1. The molecule has 0 saturated carbocycles. The molecule has 37 heavy (non-hydrogen) atoms. The second-order valence-electron chi connectivity index (χ2n) is 8.51. The standard InChI is InChI=1S/C29H30N2O5S/c1-5-7-17-35-23-12-8-20(9-13-23)18-24-27(32)31-26(21-10-14-22(34-4)15-11-21)25(28(33)36-16-6-2)19(3)30-29(31)37-24/h6,8-15,18,26H,2,5,7,16-17H2,1,3-4H3/b24-18+. The summed E-state index contributed by atoms with van der Waals surface area (Å²) >= 11 is 1.29. The lowest BCUT2D eigenvalue weighted by Gasteiger charge is -2.24. The third kappa shape index (κ3) is 5.75. The van der Waals surface area contributed by atoms with Crippen LogP contribution in [0.3, 0.4) is 0 Å². The first kappa shape index (κ1) is 26.2. The van der Waals surface area contributed by atoms with Crippen molar-refractivity contribution in [3.63, 3.8) is 0 Å². The minimum atomic E-state index is -0.684. The van der Waals surface area contributed by atoms with E-state index in [1.165, 1.54) is 17.4 Å². The van der Waals surface area contributed by atoms with Crippen molar-refractivity contribution in [3.8, 4) is 11.5 Å². The number of aromatic nitrogens is 1. The lowest BCUT2D eigenvalue weighted by Crippen LogP contribution is -2.39. The Morgan fingerprint density at radius 3 is 2.49 bits per heavy atom. The van der Waals surface area contributed by atoms with Gasteiger partial charge in [0.15, 0.2) is 4.80 Å². The van der Waals surface area contributed by atoms with Crippen molar-refractivity contribution in [2.24, 2.45) is 4.99 Å². The first-order valence-corrected chi connectivity index (χ1v) is 13.0. The highest BCUT2D eigenvalue weighted by Gasteiger charge is 2.33. The topological polar surface area (TPSA) is 79.1 Å². The number of thiazole rings is 1. The van der Waals surface area contributed by atoms with Crippen LogP contribution in [0.15, 0.2) is 82.2 Å². The van der Waals surface area contributed by atoms with Crippen LogP contribution in [0.2, 0.25) is 0 Å². The van der Waals surface area contributed by atoms with Gasteiger partial charge in [0.2, 0.25) is 0 Å². The second kappa shape index (κ2) is 11.9. The minimum absolute atomic E-state index is 0.0630. The highest BCUT2D eigenvalue weighted by Crippen LogP contribution is 2.31. The maximum Gasteiger partial charge on any atom is 0.338 e. The molecule has 0 radical (unpaired) electrons. The molecule has 1 aliphatic heterocycles. The lowest BCUT2D eigenvalue weighted by molar-refractivity contribution is -0.138. The van der Waals surface area contributed by atoms with Crippen molar-refractivity contribution in [1.82, 2.24) is 4.57 Å². The molecular weight excluding hydrogens is 488 g/mol. The number of carbonyl (C=O) groups is 1. The van der Waals surface area contributed by atoms with E-state index in [2.05, 4.69) is 18.5 Å². The van der Waals surface area contributed by atoms with Gasteiger partial charge in [-0.15, -0.1) is 0 Å². The third-order valence-corrected chi connectivity index (χ3v) is 6.93. The summed E-state index contributed by atoms with van der Waals surface area (Å²) in [6.07, 6.45) is 5.41. The summed E-state index contributed by atoms with van der Waals surface area (Å²) < 4.78 is 18.5. The number of carbonyl (C=O) groups excluding carboxylic acids is 1. The molecule has 0 amide bonds.